The topological polar surface area (TPSA) is 29.5 Å². The lowest BCUT2D eigenvalue weighted by molar-refractivity contribution is 0.666. The van der Waals surface area contributed by atoms with Crippen molar-refractivity contribution in [3.8, 4) is 0 Å². The number of hydrogen-bond donors (Lipinski definition) is 0. The standard InChI is InChI=1S/C38H23NO2/c1-2-11-25-24(10-1)22-23-27-26(25)14-7-17-32(27)39(33-18-8-15-30-28-12-3-5-20-35(28)40-37(30)33)34-19-9-16-31-29-13-4-6-21-36(29)41-38(31)34/h1-23H. The molecule has 9 aromatic rings. The summed E-state index contributed by atoms with van der Waals surface area (Å²) >= 11 is 0. The number of rotatable bonds is 3. The van der Waals surface area contributed by atoms with Crippen molar-refractivity contribution in [2.75, 3.05) is 4.90 Å². The second-order valence-electron chi connectivity index (χ2n) is 10.5. The number of hydrogen-bond acceptors (Lipinski definition) is 3. The van der Waals surface area contributed by atoms with Crippen molar-refractivity contribution in [3.05, 3.63) is 140 Å². The number of para-hydroxylation sites is 4. The van der Waals surface area contributed by atoms with Gasteiger partial charge in [-0.1, -0.05) is 109 Å². The van der Waals surface area contributed by atoms with E-state index in [0.29, 0.717) is 0 Å². The minimum atomic E-state index is 0.847. The summed E-state index contributed by atoms with van der Waals surface area (Å²) in [6, 6.07) is 48.9. The van der Waals surface area contributed by atoms with Crippen LogP contribution in [-0.2, 0) is 0 Å². The summed E-state index contributed by atoms with van der Waals surface area (Å²) in [6.07, 6.45) is 0. The fraction of sp³-hybridized carbons (Fsp3) is 0. The smallest absolute Gasteiger partial charge is 0.159 e. The third kappa shape index (κ3) is 3.20. The highest BCUT2D eigenvalue weighted by atomic mass is 16.3. The summed E-state index contributed by atoms with van der Waals surface area (Å²) in [7, 11) is 0. The normalized spacial score (nSPS) is 11.9. The molecule has 2 heterocycles. The van der Waals surface area contributed by atoms with E-state index in [2.05, 4.69) is 120 Å². The Morgan fingerprint density at radius 1 is 0.317 bits per heavy atom. The van der Waals surface area contributed by atoms with Gasteiger partial charge in [0.25, 0.3) is 0 Å². The van der Waals surface area contributed by atoms with Gasteiger partial charge in [0.1, 0.15) is 11.2 Å². The molecule has 0 spiro atoms. The molecule has 0 aliphatic heterocycles. The van der Waals surface area contributed by atoms with E-state index in [-0.39, 0.29) is 0 Å². The Morgan fingerprint density at radius 3 is 1.44 bits per heavy atom. The molecule has 0 N–H and O–H groups in total. The Hall–Kier alpha value is -5.54. The molecule has 0 amide bonds. The highest BCUT2D eigenvalue weighted by Gasteiger charge is 2.24. The van der Waals surface area contributed by atoms with Crippen LogP contribution < -0.4 is 4.90 Å². The zero-order valence-electron chi connectivity index (χ0n) is 22.0. The Bertz CT molecular complexity index is 2330. The van der Waals surface area contributed by atoms with Crippen molar-refractivity contribution in [1.29, 1.82) is 0 Å². The number of anilines is 3. The number of furan rings is 2. The van der Waals surface area contributed by atoms with E-state index in [1.54, 1.807) is 0 Å². The van der Waals surface area contributed by atoms with E-state index in [1.165, 1.54) is 16.2 Å². The maximum absolute atomic E-state index is 6.59. The molecule has 2 aromatic heterocycles. The monoisotopic (exact) mass is 525 g/mol. The van der Waals surface area contributed by atoms with E-state index in [1.807, 2.05) is 24.3 Å². The molecule has 3 nitrogen and oxygen atoms in total. The van der Waals surface area contributed by atoms with E-state index in [4.69, 9.17) is 8.83 Å². The SMILES string of the molecule is c1ccc2c(c1)ccc1c(N(c3cccc4c3oc3ccccc34)c3cccc4c3oc3ccccc34)cccc12. The van der Waals surface area contributed by atoms with Crippen molar-refractivity contribution in [3.63, 3.8) is 0 Å². The summed E-state index contributed by atoms with van der Waals surface area (Å²) < 4.78 is 13.2. The van der Waals surface area contributed by atoms with E-state index < -0.39 is 0 Å². The second-order valence-corrected chi connectivity index (χ2v) is 10.5. The van der Waals surface area contributed by atoms with Gasteiger partial charge in [-0.3, -0.25) is 0 Å². The summed E-state index contributed by atoms with van der Waals surface area (Å²) in [5.74, 6) is 0. The first-order valence-corrected chi connectivity index (χ1v) is 13.9. The molecule has 0 fully saturated rings. The van der Waals surface area contributed by atoms with Crippen molar-refractivity contribution >= 4 is 82.5 Å². The van der Waals surface area contributed by atoms with Crippen LogP contribution in [0.4, 0.5) is 17.1 Å². The lowest BCUT2D eigenvalue weighted by Gasteiger charge is -2.27. The maximum Gasteiger partial charge on any atom is 0.159 e. The third-order valence-electron chi connectivity index (χ3n) is 8.25. The quantitative estimate of drug-likeness (QED) is 0.215. The molecule has 0 saturated heterocycles. The van der Waals surface area contributed by atoms with Crippen LogP contribution in [-0.4, -0.2) is 0 Å². The Balaban J connectivity index is 1.43. The van der Waals surface area contributed by atoms with Crippen LogP contribution >= 0.6 is 0 Å². The largest absolute Gasteiger partial charge is 0.454 e. The minimum Gasteiger partial charge on any atom is -0.454 e. The maximum atomic E-state index is 6.59. The van der Waals surface area contributed by atoms with Gasteiger partial charge in [0.15, 0.2) is 11.2 Å². The lowest BCUT2D eigenvalue weighted by atomic mass is 9.99. The van der Waals surface area contributed by atoms with Gasteiger partial charge in [0.2, 0.25) is 0 Å². The zero-order chi connectivity index (χ0) is 26.9. The first kappa shape index (κ1) is 22.3. The van der Waals surface area contributed by atoms with Gasteiger partial charge in [-0.15, -0.1) is 0 Å². The van der Waals surface area contributed by atoms with Crippen molar-refractivity contribution in [2.24, 2.45) is 0 Å². The van der Waals surface area contributed by atoms with Crippen LogP contribution in [0.1, 0.15) is 0 Å². The molecule has 0 radical (unpaired) electrons. The van der Waals surface area contributed by atoms with Gasteiger partial charge in [0, 0.05) is 26.9 Å². The molecule has 0 aliphatic rings. The highest BCUT2D eigenvalue weighted by Crippen LogP contribution is 2.47. The third-order valence-corrected chi connectivity index (χ3v) is 8.25. The number of benzene rings is 7. The summed E-state index contributed by atoms with van der Waals surface area (Å²) in [6.45, 7) is 0. The van der Waals surface area contributed by atoms with Crippen LogP contribution in [0.5, 0.6) is 0 Å². The second kappa shape index (κ2) is 8.48. The van der Waals surface area contributed by atoms with Crippen LogP contribution in [0, 0.1) is 0 Å². The first-order valence-electron chi connectivity index (χ1n) is 13.9. The van der Waals surface area contributed by atoms with Gasteiger partial charge in [-0.25, -0.2) is 0 Å². The fourth-order valence-corrected chi connectivity index (χ4v) is 6.42. The van der Waals surface area contributed by atoms with Crippen LogP contribution in [0.25, 0.3) is 65.4 Å². The van der Waals surface area contributed by atoms with E-state index >= 15 is 0 Å². The molecule has 0 atom stereocenters. The molecule has 0 saturated carbocycles. The van der Waals surface area contributed by atoms with Crippen molar-refractivity contribution < 1.29 is 8.83 Å². The molecule has 9 rings (SSSR count). The fourth-order valence-electron chi connectivity index (χ4n) is 6.42. The van der Waals surface area contributed by atoms with Crippen molar-refractivity contribution in [1.82, 2.24) is 0 Å². The summed E-state index contributed by atoms with van der Waals surface area (Å²) in [5, 5.41) is 9.21. The van der Waals surface area contributed by atoms with Gasteiger partial charge in [-0.05, 0) is 46.5 Å². The molecule has 7 aromatic carbocycles. The van der Waals surface area contributed by atoms with Crippen LogP contribution in [0.2, 0.25) is 0 Å². The van der Waals surface area contributed by atoms with Crippen LogP contribution in [0.15, 0.2) is 148 Å². The Morgan fingerprint density at radius 2 is 0.805 bits per heavy atom. The minimum absolute atomic E-state index is 0.847. The molecular weight excluding hydrogens is 502 g/mol. The van der Waals surface area contributed by atoms with Gasteiger partial charge in [-0.2, -0.15) is 0 Å². The Labute approximate surface area is 235 Å². The predicted octanol–water partition coefficient (Wildman–Crippen LogP) is 11.3. The molecule has 0 unspecified atom stereocenters. The molecule has 0 aliphatic carbocycles. The first-order chi connectivity index (χ1) is 20.3. The van der Waals surface area contributed by atoms with E-state index in [0.717, 1.165) is 66.3 Å². The van der Waals surface area contributed by atoms with E-state index in [9.17, 15) is 0 Å². The zero-order valence-corrected chi connectivity index (χ0v) is 22.0. The Kier molecular flexibility index (Phi) is 4.61. The molecule has 192 valence electrons. The number of nitrogens with zero attached hydrogens (tertiary/aromatic N) is 1. The number of fused-ring (bicyclic) bond motifs is 9. The van der Waals surface area contributed by atoms with Gasteiger partial charge < -0.3 is 13.7 Å². The predicted molar refractivity (Wildman–Crippen MR) is 171 cm³/mol. The molecule has 3 heteroatoms. The lowest BCUT2D eigenvalue weighted by Crippen LogP contribution is -2.11. The van der Waals surface area contributed by atoms with Crippen molar-refractivity contribution in [2.45, 2.75) is 0 Å². The van der Waals surface area contributed by atoms with Crippen LogP contribution in [0.3, 0.4) is 0 Å². The summed E-state index contributed by atoms with van der Waals surface area (Å²) in [4.78, 5) is 2.31. The average Bonchev–Trinajstić information content (AvgIpc) is 3.61. The summed E-state index contributed by atoms with van der Waals surface area (Å²) in [5.41, 5.74) is 6.44. The average molecular weight is 526 g/mol. The van der Waals surface area contributed by atoms with Gasteiger partial charge in [0.05, 0.1) is 17.1 Å². The molecule has 0 bridgehead atoms. The molecule has 41 heavy (non-hydrogen) atoms. The highest BCUT2D eigenvalue weighted by molar-refractivity contribution is 6.17. The molecular formula is C38H23NO2. The van der Waals surface area contributed by atoms with Gasteiger partial charge >= 0.3 is 0 Å².